The van der Waals surface area contributed by atoms with E-state index in [2.05, 4.69) is 10.1 Å². The lowest BCUT2D eigenvalue weighted by Crippen LogP contribution is -2.57. The summed E-state index contributed by atoms with van der Waals surface area (Å²) in [5, 5.41) is 3.92. The van der Waals surface area contributed by atoms with E-state index >= 15 is 0 Å². The molecule has 7 nitrogen and oxygen atoms in total. The Kier molecular flexibility index (Phi) is 5.30. The van der Waals surface area contributed by atoms with Gasteiger partial charge in [0.15, 0.2) is 5.82 Å². The maximum Gasteiger partial charge on any atom is 0.257 e. The molecule has 144 valence electrons. The summed E-state index contributed by atoms with van der Waals surface area (Å²) in [5.41, 5.74) is 0.408. The quantitative estimate of drug-likeness (QED) is 0.829. The van der Waals surface area contributed by atoms with Crippen LogP contribution in [0.4, 0.5) is 0 Å². The molecule has 2 heterocycles. The number of amides is 2. The number of carbonyl (C=O) groups excluding carboxylic acids is 2. The van der Waals surface area contributed by atoms with Crippen molar-refractivity contribution in [2.75, 3.05) is 19.6 Å². The molecule has 0 bridgehead atoms. The molecule has 0 saturated carbocycles. The minimum Gasteiger partial charge on any atom is -0.338 e. The second-order valence-electron chi connectivity index (χ2n) is 8.00. The molecule has 1 saturated heterocycles. The summed E-state index contributed by atoms with van der Waals surface area (Å²) < 4.78 is 5.26. The van der Waals surface area contributed by atoms with Crippen molar-refractivity contribution >= 4 is 11.8 Å². The maximum atomic E-state index is 12.6. The second kappa shape index (κ2) is 7.50. The van der Waals surface area contributed by atoms with Crippen LogP contribution in [0.3, 0.4) is 0 Å². The zero-order chi connectivity index (χ0) is 19.6. The van der Waals surface area contributed by atoms with Gasteiger partial charge in [0.25, 0.3) is 5.89 Å². The minimum atomic E-state index is -0.418. The fourth-order valence-electron chi connectivity index (χ4n) is 3.19. The monoisotopic (exact) mass is 370 g/mol. The Bertz CT molecular complexity index is 810. The highest BCUT2D eigenvalue weighted by atomic mass is 16.5. The van der Waals surface area contributed by atoms with Gasteiger partial charge in [-0.1, -0.05) is 44.1 Å². The van der Waals surface area contributed by atoms with Crippen LogP contribution in [-0.2, 0) is 16.0 Å². The smallest absolute Gasteiger partial charge is 0.257 e. The van der Waals surface area contributed by atoms with Gasteiger partial charge < -0.3 is 14.3 Å². The zero-order valence-corrected chi connectivity index (χ0v) is 16.3. The van der Waals surface area contributed by atoms with E-state index in [0.717, 1.165) is 5.56 Å². The molecule has 1 fully saturated rings. The number of rotatable bonds is 3. The van der Waals surface area contributed by atoms with Crippen molar-refractivity contribution in [3.8, 4) is 11.5 Å². The van der Waals surface area contributed by atoms with E-state index in [1.54, 1.807) is 4.90 Å². The molecular formula is C20H26N4O3. The summed E-state index contributed by atoms with van der Waals surface area (Å²) in [6.07, 6.45) is 0.0935. The SMILES string of the molecule is CC1CN(C(=O)Cc2noc(-c3ccccc3)n2)CCN1C(=O)C(C)(C)C. The van der Waals surface area contributed by atoms with Crippen molar-refractivity contribution in [2.45, 2.75) is 40.2 Å². The van der Waals surface area contributed by atoms with Crippen molar-refractivity contribution in [3.05, 3.63) is 36.2 Å². The Morgan fingerprint density at radius 1 is 1.19 bits per heavy atom. The van der Waals surface area contributed by atoms with Crippen molar-refractivity contribution in [1.29, 1.82) is 0 Å². The summed E-state index contributed by atoms with van der Waals surface area (Å²) >= 11 is 0. The average Bonchev–Trinajstić information content (AvgIpc) is 3.09. The number of piperazine rings is 1. The van der Waals surface area contributed by atoms with Gasteiger partial charge in [0.05, 0.1) is 6.42 Å². The lowest BCUT2D eigenvalue weighted by atomic mass is 9.93. The van der Waals surface area contributed by atoms with E-state index in [9.17, 15) is 9.59 Å². The molecule has 1 aromatic heterocycles. The van der Waals surface area contributed by atoms with Crippen molar-refractivity contribution < 1.29 is 14.1 Å². The van der Waals surface area contributed by atoms with Gasteiger partial charge in [-0.15, -0.1) is 0 Å². The fourth-order valence-corrected chi connectivity index (χ4v) is 3.19. The first kappa shape index (κ1) is 19.1. The van der Waals surface area contributed by atoms with Crippen LogP contribution < -0.4 is 0 Å². The molecule has 27 heavy (non-hydrogen) atoms. The first-order valence-electron chi connectivity index (χ1n) is 9.22. The van der Waals surface area contributed by atoms with Gasteiger partial charge in [-0.25, -0.2) is 0 Å². The van der Waals surface area contributed by atoms with Crippen LogP contribution in [0.5, 0.6) is 0 Å². The average molecular weight is 370 g/mol. The van der Waals surface area contributed by atoms with Gasteiger partial charge in [0.1, 0.15) is 0 Å². The standard InChI is InChI=1S/C20H26N4O3/c1-14-13-23(10-11-24(14)19(26)20(2,3)4)17(25)12-16-21-18(27-22-16)15-8-6-5-7-9-15/h5-9,14H,10-13H2,1-4H3. The number of hydrogen-bond donors (Lipinski definition) is 0. The third-order valence-electron chi connectivity index (χ3n) is 4.68. The highest BCUT2D eigenvalue weighted by Crippen LogP contribution is 2.22. The Morgan fingerprint density at radius 3 is 2.52 bits per heavy atom. The lowest BCUT2D eigenvalue weighted by Gasteiger charge is -2.42. The van der Waals surface area contributed by atoms with Gasteiger partial charge in [0.2, 0.25) is 11.8 Å². The van der Waals surface area contributed by atoms with Crippen LogP contribution in [-0.4, -0.2) is 57.4 Å². The first-order valence-corrected chi connectivity index (χ1v) is 9.22. The van der Waals surface area contributed by atoms with Gasteiger partial charge in [0, 0.05) is 36.7 Å². The van der Waals surface area contributed by atoms with Crippen LogP contribution in [0.15, 0.2) is 34.9 Å². The number of carbonyl (C=O) groups is 2. The van der Waals surface area contributed by atoms with E-state index in [4.69, 9.17) is 4.52 Å². The summed E-state index contributed by atoms with van der Waals surface area (Å²) in [7, 11) is 0. The normalized spacial score (nSPS) is 17.9. The number of benzene rings is 1. The molecule has 1 aromatic carbocycles. The summed E-state index contributed by atoms with van der Waals surface area (Å²) in [5.74, 6) is 0.852. The Morgan fingerprint density at radius 2 is 1.89 bits per heavy atom. The largest absolute Gasteiger partial charge is 0.338 e. The predicted octanol–water partition coefficient (Wildman–Crippen LogP) is 2.38. The van der Waals surface area contributed by atoms with E-state index in [-0.39, 0.29) is 24.3 Å². The van der Waals surface area contributed by atoms with Gasteiger partial charge in [-0.05, 0) is 19.1 Å². The molecule has 3 rings (SSSR count). The Hall–Kier alpha value is -2.70. The topological polar surface area (TPSA) is 79.5 Å². The van der Waals surface area contributed by atoms with Crippen molar-refractivity contribution in [2.24, 2.45) is 5.41 Å². The number of nitrogens with zero attached hydrogens (tertiary/aromatic N) is 4. The molecular weight excluding hydrogens is 344 g/mol. The molecule has 1 aliphatic heterocycles. The zero-order valence-electron chi connectivity index (χ0n) is 16.3. The van der Waals surface area contributed by atoms with Gasteiger partial charge in [-0.2, -0.15) is 4.98 Å². The highest BCUT2D eigenvalue weighted by Gasteiger charge is 2.35. The van der Waals surface area contributed by atoms with E-state index in [1.165, 1.54) is 0 Å². The molecule has 7 heteroatoms. The van der Waals surface area contributed by atoms with Crippen LogP contribution in [0.1, 0.15) is 33.5 Å². The van der Waals surface area contributed by atoms with E-state index in [1.807, 2.05) is 62.9 Å². The predicted molar refractivity (Wildman–Crippen MR) is 101 cm³/mol. The van der Waals surface area contributed by atoms with E-state index in [0.29, 0.717) is 31.3 Å². The Balaban J connectivity index is 1.60. The molecule has 1 atom stereocenters. The maximum absolute atomic E-state index is 12.6. The Labute approximate surface area is 159 Å². The van der Waals surface area contributed by atoms with E-state index < -0.39 is 5.41 Å². The van der Waals surface area contributed by atoms with Gasteiger partial charge >= 0.3 is 0 Å². The third-order valence-corrected chi connectivity index (χ3v) is 4.68. The van der Waals surface area contributed by atoms with Crippen molar-refractivity contribution in [1.82, 2.24) is 19.9 Å². The molecule has 0 aliphatic carbocycles. The van der Waals surface area contributed by atoms with Crippen molar-refractivity contribution in [3.63, 3.8) is 0 Å². The molecule has 2 aromatic rings. The molecule has 1 unspecified atom stereocenters. The highest BCUT2D eigenvalue weighted by molar-refractivity contribution is 5.83. The number of aromatic nitrogens is 2. The molecule has 0 N–H and O–H groups in total. The van der Waals surface area contributed by atoms with Crippen LogP contribution in [0.25, 0.3) is 11.5 Å². The minimum absolute atomic E-state index is 0.0143. The lowest BCUT2D eigenvalue weighted by molar-refractivity contribution is -0.148. The fraction of sp³-hybridized carbons (Fsp3) is 0.500. The third kappa shape index (κ3) is 4.35. The van der Waals surface area contributed by atoms with Gasteiger partial charge in [-0.3, -0.25) is 9.59 Å². The van der Waals surface area contributed by atoms with Crippen LogP contribution in [0, 0.1) is 5.41 Å². The van der Waals surface area contributed by atoms with Crippen LogP contribution in [0.2, 0.25) is 0 Å². The molecule has 1 aliphatic rings. The molecule has 2 amide bonds. The molecule has 0 radical (unpaired) electrons. The summed E-state index contributed by atoms with van der Waals surface area (Å²) in [6, 6.07) is 9.45. The molecule has 0 spiro atoms. The summed E-state index contributed by atoms with van der Waals surface area (Å²) in [4.78, 5) is 33.1. The first-order chi connectivity index (χ1) is 12.8. The summed E-state index contributed by atoms with van der Waals surface area (Å²) in [6.45, 7) is 9.31. The number of hydrogen-bond acceptors (Lipinski definition) is 5. The second-order valence-corrected chi connectivity index (χ2v) is 8.00. The van der Waals surface area contributed by atoms with Crippen LogP contribution >= 0.6 is 0 Å².